The molecule has 1 unspecified atom stereocenters. The summed E-state index contributed by atoms with van der Waals surface area (Å²) in [6.45, 7) is -0.0617. The number of para-hydroxylation sites is 1. The van der Waals surface area contributed by atoms with Crippen molar-refractivity contribution in [2.24, 2.45) is 23.2 Å². The van der Waals surface area contributed by atoms with Crippen molar-refractivity contribution in [3.8, 4) is 0 Å². The van der Waals surface area contributed by atoms with Gasteiger partial charge in [0.05, 0.1) is 5.75 Å². The molecule has 1 aromatic rings. The molecule has 30 heavy (non-hydrogen) atoms. The van der Waals surface area contributed by atoms with Crippen LogP contribution in [-0.4, -0.2) is 52.0 Å². The Morgan fingerprint density at radius 3 is 2.07 bits per heavy atom. The van der Waals surface area contributed by atoms with Gasteiger partial charge in [-0.2, -0.15) is 0 Å². The molecule has 0 radical (unpaired) electrons. The van der Waals surface area contributed by atoms with Gasteiger partial charge in [0.1, 0.15) is 18.5 Å². The standard InChI is InChI=1S/C23H27N3O3S/c27-19-13-25(20(28)12-24(19)18-4-2-1-3-5-18)26-21(29)14-30-22(26)23-9-15-6-16(10-23)8-17(7-15)11-23/h1-5,15-17,22H,6-14H2. The van der Waals surface area contributed by atoms with E-state index in [2.05, 4.69) is 0 Å². The lowest BCUT2D eigenvalue weighted by Crippen LogP contribution is -2.65. The van der Waals surface area contributed by atoms with Crippen molar-refractivity contribution in [1.29, 1.82) is 0 Å². The van der Waals surface area contributed by atoms with Gasteiger partial charge in [0.25, 0.3) is 11.8 Å². The summed E-state index contributed by atoms with van der Waals surface area (Å²) >= 11 is 1.70. The molecule has 6 aliphatic rings. The quantitative estimate of drug-likeness (QED) is 0.747. The van der Waals surface area contributed by atoms with Gasteiger partial charge in [0.2, 0.25) is 5.91 Å². The number of piperazine rings is 1. The van der Waals surface area contributed by atoms with Crippen molar-refractivity contribution < 1.29 is 14.4 Å². The van der Waals surface area contributed by atoms with E-state index in [1.807, 2.05) is 30.3 Å². The highest BCUT2D eigenvalue weighted by atomic mass is 32.2. The van der Waals surface area contributed by atoms with E-state index in [0.717, 1.165) is 23.4 Å². The van der Waals surface area contributed by atoms with Crippen LogP contribution in [0.5, 0.6) is 0 Å². The van der Waals surface area contributed by atoms with E-state index in [-0.39, 0.29) is 41.6 Å². The van der Waals surface area contributed by atoms with Crippen LogP contribution in [0.3, 0.4) is 0 Å². The number of benzene rings is 1. The van der Waals surface area contributed by atoms with E-state index in [1.54, 1.807) is 16.8 Å². The molecular formula is C23H27N3O3S. The first-order valence-electron chi connectivity index (χ1n) is 11.1. The maximum absolute atomic E-state index is 13.2. The molecule has 4 saturated carbocycles. The zero-order valence-corrected chi connectivity index (χ0v) is 17.9. The maximum Gasteiger partial charge on any atom is 0.261 e. The molecule has 2 saturated heterocycles. The second-order valence-corrected chi connectivity index (χ2v) is 11.0. The number of thioether (sulfide) groups is 1. The smallest absolute Gasteiger partial charge is 0.261 e. The van der Waals surface area contributed by atoms with Crippen LogP contribution in [0.2, 0.25) is 0 Å². The van der Waals surface area contributed by atoms with Crippen LogP contribution in [0, 0.1) is 23.2 Å². The fraction of sp³-hybridized carbons (Fsp3) is 0.609. The second-order valence-electron chi connectivity index (χ2n) is 9.95. The fourth-order valence-corrected chi connectivity index (χ4v) is 8.69. The van der Waals surface area contributed by atoms with Crippen molar-refractivity contribution in [2.75, 3.05) is 23.7 Å². The molecule has 1 aromatic carbocycles. The van der Waals surface area contributed by atoms with Gasteiger partial charge in [-0.1, -0.05) is 18.2 Å². The molecule has 1 atom stereocenters. The predicted octanol–water partition coefficient (Wildman–Crippen LogP) is 2.89. The van der Waals surface area contributed by atoms with Crippen molar-refractivity contribution in [2.45, 2.75) is 43.9 Å². The van der Waals surface area contributed by atoms with Crippen molar-refractivity contribution in [3.05, 3.63) is 30.3 Å². The summed E-state index contributed by atoms with van der Waals surface area (Å²) in [6.07, 6.45) is 7.55. The summed E-state index contributed by atoms with van der Waals surface area (Å²) < 4.78 is 0. The first kappa shape index (κ1) is 18.7. The van der Waals surface area contributed by atoms with Gasteiger partial charge in [-0.3, -0.25) is 14.4 Å². The zero-order valence-electron chi connectivity index (χ0n) is 17.0. The Morgan fingerprint density at radius 2 is 1.43 bits per heavy atom. The average molecular weight is 426 g/mol. The normalized spacial score (nSPS) is 38.1. The van der Waals surface area contributed by atoms with Gasteiger partial charge in [-0.15, -0.1) is 11.8 Å². The summed E-state index contributed by atoms with van der Waals surface area (Å²) in [5.74, 6) is 2.44. The van der Waals surface area contributed by atoms with Gasteiger partial charge in [0, 0.05) is 11.1 Å². The van der Waals surface area contributed by atoms with Crippen LogP contribution >= 0.6 is 11.8 Å². The second kappa shape index (κ2) is 6.74. The first-order valence-corrected chi connectivity index (χ1v) is 12.2. The molecule has 0 N–H and O–H groups in total. The highest BCUT2D eigenvalue weighted by Gasteiger charge is 2.59. The van der Waals surface area contributed by atoms with Crippen molar-refractivity contribution in [3.63, 3.8) is 0 Å². The molecule has 3 amide bonds. The summed E-state index contributed by atoms with van der Waals surface area (Å²) in [4.78, 5) is 40.6. The summed E-state index contributed by atoms with van der Waals surface area (Å²) in [5, 5.41) is 3.19. The third kappa shape index (κ3) is 2.81. The van der Waals surface area contributed by atoms with Crippen LogP contribution in [0.25, 0.3) is 0 Å². The Hall–Kier alpha value is -2.02. The van der Waals surface area contributed by atoms with Gasteiger partial charge in [0.15, 0.2) is 0 Å². The molecular weight excluding hydrogens is 398 g/mol. The SMILES string of the molecule is O=C1CN(N2C(=O)CSC2C23CC4CC(CC(C4)C2)C3)C(=O)CN1c1ccccc1. The Bertz CT molecular complexity index is 869. The number of carbonyl (C=O) groups excluding carboxylic acids is 3. The van der Waals surface area contributed by atoms with Gasteiger partial charge in [-0.05, 0) is 68.4 Å². The minimum absolute atomic E-state index is 0.00146. The lowest BCUT2D eigenvalue weighted by molar-refractivity contribution is -0.176. The Balaban J connectivity index is 1.27. The molecule has 4 bridgehead atoms. The predicted molar refractivity (Wildman–Crippen MR) is 114 cm³/mol. The summed E-state index contributed by atoms with van der Waals surface area (Å²) in [6, 6.07) is 9.31. The van der Waals surface area contributed by atoms with E-state index >= 15 is 0 Å². The van der Waals surface area contributed by atoms with Gasteiger partial charge >= 0.3 is 0 Å². The molecule has 2 aliphatic heterocycles. The number of nitrogens with zero attached hydrogens (tertiary/aromatic N) is 3. The molecule has 6 nitrogen and oxygen atoms in total. The summed E-state index contributed by atoms with van der Waals surface area (Å²) in [7, 11) is 0. The number of hydrazine groups is 1. The Morgan fingerprint density at radius 1 is 0.800 bits per heavy atom. The molecule has 0 aromatic heterocycles. The van der Waals surface area contributed by atoms with E-state index < -0.39 is 0 Å². The third-order valence-corrected chi connectivity index (χ3v) is 9.38. The van der Waals surface area contributed by atoms with Crippen LogP contribution in [-0.2, 0) is 14.4 Å². The number of rotatable bonds is 3. The molecule has 7 rings (SSSR count). The van der Waals surface area contributed by atoms with Crippen LogP contribution < -0.4 is 4.90 Å². The topological polar surface area (TPSA) is 60.9 Å². The number of anilines is 1. The number of amides is 3. The molecule has 7 heteroatoms. The average Bonchev–Trinajstić information content (AvgIpc) is 3.11. The van der Waals surface area contributed by atoms with Crippen molar-refractivity contribution >= 4 is 35.2 Å². The van der Waals surface area contributed by atoms with Gasteiger partial charge in [-0.25, -0.2) is 10.0 Å². The van der Waals surface area contributed by atoms with Crippen LogP contribution in [0.1, 0.15) is 38.5 Å². The molecule has 4 aliphatic carbocycles. The fourth-order valence-electron chi connectivity index (χ4n) is 7.24. The van der Waals surface area contributed by atoms with E-state index in [1.165, 1.54) is 48.4 Å². The number of carbonyl (C=O) groups is 3. The minimum Gasteiger partial charge on any atom is -0.301 e. The van der Waals surface area contributed by atoms with Crippen molar-refractivity contribution in [1.82, 2.24) is 10.0 Å². The lowest BCUT2D eigenvalue weighted by atomic mass is 9.49. The minimum atomic E-state index is -0.163. The molecule has 6 fully saturated rings. The maximum atomic E-state index is 13.2. The summed E-state index contributed by atoms with van der Waals surface area (Å²) in [5.41, 5.74) is 0.848. The number of hydrogen-bond acceptors (Lipinski definition) is 4. The van der Waals surface area contributed by atoms with Crippen LogP contribution in [0.15, 0.2) is 30.3 Å². The monoisotopic (exact) mass is 425 g/mol. The van der Waals surface area contributed by atoms with E-state index in [0.29, 0.717) is 5.75 Å². The van der Waals surface area contributed by atoms with Crippen LogP contribution in [0.4, 0.5) is 5.69 Å². The molecule has 158 valence electrons. The largest absolute Gasteiger partial charge is 0.301 e. The Labute approximate surface area is 180 Å². The molecule has 2 heterocycles. The third-order valence-electron chi connectivity index (χ3n) is 7.95. The highest BCUT2D eigenvalue weighted by molar-refractivity contribution is 8.01. The molecule has 0 spiro atoms. The number of hydrogen-bond donors (Lipinski definition) is 0. The Kier molecular flexibility index (Phi) is 4.21. The zero-order chi connectivity index (χ0) is 20.5. The van der Waals surface area contributed by atoms with E-state index in [9.17, 15) is 14.4 Å². The lowest BCUT2D eigenvalue weighted by Gasteiger charge is -2.60. The van der Waals surface area contributed by atoms with Gasteiger partial charge < -0.3 is 4.90 Å². The van der Waals surface area contributed by atoms with E-state index in [4.69, 9.17) is 0 Å². The highest BCUT2D eigenvalue weighted by Crippen LogP contribution is 2.64. The first-order chi connectivity index (χ1) is 14.5.